The van der Waals surface area contributed by atoms with Crippen LogP contribution in [0.1, 0.15) is 12.5 Å². The summed E-state index contributed by atoms with van der Waals surface area (Å²) in [5.41, 5.74) is -3.76. The van der Waals surface area contributed by atoms with Crippen LogP contribution in [0, 0.1) is 11.8 Å². The van der Waals surface area contributed by atoms with Gasteiger partial charge in [-0.05, 0) is 25.1 Å². The fraction of sp³-hybridized carbons (Fsp3) is 0.412. The first-order valence-electron chi connectivity index (χ1n) is 7.80. The van der Waals surface area contributed by atoms with E-state index >= 15 is 0 Å². The molecule has 3 heterocycles. The molecule has 2 fully saturated rings. The van der Waals surface area contributed by atoms with Gasteiger partial charge in [0.05, 0.1) is 40.3 Å². The number of anilines is 1. The molecule has 0 aliphatic carbocycles. The lowest BCUT2D eigenvalue weighted by atomic mass is 9.73. The number of imide groups is 1. The Balaban J connectivity index is 1.80. The average Bonchev–Trinajstić information content (AvgIpc) is 3.13. The van der Waals surface area contributed by atoms with E-state index < -0.39 is 58.2 Å². The zero-order valence-electron chi connectivity index (χ0n) is 13.4. The van der Waals surface area contributed by atoms with E-state index in [1.807, 2.05) is 0 Å². The third-order valence-corrected chi connectivity index (χ3v) is 5.65. The maximum atomic E-state index is 13.1. The van der Waals surface area contributed by atoms with Gasteiger partial charge in [-0.25, -0.2) is 4.90 Å². The molecule has 3 aliphatic rings. The molecule has 138 valence electrons. The Hall–Kier alpha value is -1.90. The Morgan fingerprint density at radius 3 is 2.50 bits per heavy atom. The minimum atomic E-state index is -4.73. The molecule has 1 aromatic carbocycles. The van der Waals surface area contributed by atoms with Gasteiger partial charge in [0.2, 0.25) is 11.8 Å². The quantitative estimate of drug-likeness (QED) is 0.625. The highest BCUT2D eigenvalue weighted by Gasteiger charge is 2.72. The topological polar surface area (TPSA) is 66.8 Å². The Morgan fingerprint density at radius 2 is 1.88 bits per heavy atom. The van der Waals surface area contributed by atoms with Crippen LogP contribution in [0.15, 0.2) is 30.4 Å². The highest BCUT2D eigenvalue weighted by atomic mass is 35.5. The molecule has 0 saturated carbocycles. The summed E-state index contributed by atoms with van der Waals surface area (Å²) in [7, 11) is 0. The van der Waals surface area contributed by atoms with Crippen molar-refractivity contribution in [2.75, 3.05) is 11.5 Å². The van der Waals surface area contributed by atoms with Gasteiger partial charge >= 0.3 is 6.18 Å². The van der Waals surface area contributed by atoms with Crippen molar-refractivity contribution in [2.24, 2.45) is 11.8 Å². The summed E-state index contributed by atoms with van der Waals surface area (Å²) >= 11 is 5.61. The molecule has 0 aromatic heterocycles. The number of benzene rings is 1. The highest BCUT2D eigenvalue weighted by molar-refractivity contribution is 6.31. The molecule has 4 atom stereocenters. The summed E-state index contributed by atoms with van der Waals surface area (Å²) in [4.78, 5) is 26.5. The Bertz CT molecular complexity index is 870. The zero-order valence-corrected chi connectivity index (χ0v) is 14.1. The molecule has 1 N–H and O–H groups in total. The Labute approximate surface area is 151 Å². The summed E-state index contributed by atoms with van der Waals surface area (Å²) in [6.07, 6.45) is -1.56. The van der Waals surface area contributed by atoms with E-state index in [2.05, 4.69) is 0 Å². The Morgan fingerprint density at radius 1 is 1.23 bits per heavy atom. The number of alkyl halides is 3. The van der Waals surface area contributed by atoms with Crippen molar-refractivity contribution >= 4 is 29.1 Å². The molecule has 2 saturated heterocycles. The Kier molecular flexibility index (Phi) is 3.43. The van der Waals surface area contributed by atoms with Gasteiger partial charge in [0, 0.05) is 0 Å². The van der Waals surface area contributed by atoms with Crippen molar-refractivity contribution < 1.29 is 32.6 Å². The molecule has 3 aliphatic heterocycles. The van der Waals surface area contributed by atoms with Gasteiger partial charge in [0.25, 0.3) is 0 Å². The maximum Gasteiger partial charge on any atom is 0.417 e. The fourth-order valence-corrected chi connectivity index (χ4v) is 4.39. The van der Waals surface area contributed by atoms with Crippen molar-refractivity contribution in [1.29, 1.82) is 0 Å². The van der Waals surface area contributed by atoms with E-state index in [9.17, 15) is 27.9 Å². The number of carbonyl (C=O) groups is 2. The number of aliphatic hydroxyl groups is 1. The normalized spacial score (nSPS) is 35.5. The lowest BCUT2D eigenvalue weighted by molar-refractivity contribution is -0.138. The minimum Gasteiger partial charge on any atom is -0.393 e. The molecule has 4 rings (SSSR count). The van der Waals surface area contributed by atoms with Crippen LogP contribution in [-0.2, 0) is 20.5 Å². The number of rotatable bonds is 2. The van der Waals surface area contributed by atoms with Crippen molar-refractivity contribution in [3.05, 3.63) is 40.9 Å². The van der Waals surface area contributed by atoms with E-state index in [0.29, 0.717) is 6.07 Å². The fourth-order valence-electron chi connectivity index (χ4n) is 4.16. The van der Waals surface area contributed by atoms with Crippen molar-refractivity contribution in [3.63, 3.8) is 0 Å². The predicted octanol–water partition coefficient (Wildman–Crippen LogP) is 2.55. The molecule has 0 unspecified atom stereocenters. The molecular formula is C17H13ClF3NO4. The molecular weight excluding hydrogens is 375 g/mol. The van der Waals surface area contributed by atoms with Crippen LogP contribution in [0.4, 0.5) is 18.9 Å². The molecule has 1 aromatic rings. The maximum absolute atomic E-state index is 13.1. The van der Waals surface area contributed by atoms with E-state index in [4.69, 9.17) is 16.3 Å². The average molecular weight is 388 g/mol. The molecule has 0 spiro atoms. The number of aliphatic hydroxyl groups excluding tert-OH is 1. The van der Waals surface area contributed by atoms with Crippen molar-refractivity contribution in [3.8, 4) is 0 Å². The van der Waals surface area contributed by atoms with Crippen LogP contribution < -0.4 is 4.90 Å². The van der Waals surface area contributed by atoms with Crippen molar-refractivity contribution in [2.45, 2.75) is 24.3 Å². The molecule has 0 radical (unpaired) electrons. The molecule has 2 amide bonds. The monoisotopic (exact) mass is 387 g/mol. The molecule has 26 heavy (non-hydrogen) atoms. The van der Waals surface area contributed by atoms with Gasteiger partial charge < -0.3 is 9.84 Å². The standard InChI is InChI=1S/C17H13ClF3NO4/c1-15-4-5-16(7-23,26-15)12-11(15)13(24)22(14(12)25)8-2-3-10(18)9(6-8)17(19,20)21/h2-6,11-12,23H,7H2,1H3/t11-,12+,15+,16+/m1/s1. The first kappa shape index (κ1) is 17.5. The van der Waals surface area contributed by atoms with Crippen LogP contribution in [-0.4, -0.2) is 34.7 Å². The van der Waals surface area contributed by atoms with Gasteiger partial charge in [-0.15, -0.1) is 0 Å². The summed E-state index contributed by atoms with van der Waals surface area (Å²) in [5, 5.41) is 9.20. The van der Waals surface area contributed by atoms with Crippen LogP contribution in [0.25, 0.3) is 0 Å². The van der Waals surface area contributed by atoms with Crippen LogP contribution in [0.2, 0.25) is 5.02 Å². The molecule has 9 heteroatoms. The number of amides is 2. The smallest absolute Gasteiger partial charge is 0.393 e. The number of ether oxygens (including phenoxy) is 1. The second-order valence-electron chi connectivity index (χ2n) is 6.86. The van der Waals surface area contributed by atoms with Crippen LogP contribution in [0.5, 0.6) is 0 Å². The van der Waals surface area contributed by atoms with Gasteiger partial charge in [0.15, 0.2) is 0 Å². The lowest BCUT2D eigenvalue weighted by Gasteiger charge is -2.27. The van der Waals surface area contributed by atoms with Crippen molar-refractivity contribution in [1.82, 2.24) is 0 Å². The number of halogens is 4. The van der Waals surface area contributed by atoms with E-state index in [1.54, 1.807) is 19.1 Å². The van der Waals surface area contributed by atoms with E-state index in [1.165, 1.54) is 6.07 Å². The van der Waals surface area contributed by atoms with Crippen LogP contribution in [0.3, 0.4) is 0 Å². The summed E-state index contributed by atoms with van der Waals surface area (Å²) in [6, 6.07) is 2.88. The van der Waals surface area contributed by atoms with Crippen LogP contribution >= 0.6 is 11.6 Å². The third-order valence-electron chi connectivity index (χ3n) is 5.32. The van der Waals surface area contributed by atoms with E-state index in [0.717, 1.165) is 11.0 Å². The molecule has 2 bridgehead atoms. The van der Waals surface area contributed by atoms with Gasteiger partial charge in [-0.3, -0.25) is 9.59 Å². The largest absolute Gasteiger partial charge is 0.417 e. The zero-order chi connectivity index (χ0) is 19.1. The summed E-state index contributed by atoms with van der Waals surface area (Å²) in [6.45, 7) is 1.10. The minimum absolute atomic E-state index is 0.206. The third kappa shape index (κ3) is 2.06. The second-order valence-corrected chi connectivity index (χ2v) is 7.27. The summed E-state index contributed by atoms with van der Waals surface area (Å²) in [5.74, 6) is -3.24. The number of hydrogen-bond donors (Lipinski definition) is 1. The molecule has 5 nitrogen and oxygen atoms in total. The first-order chi connectivity index (χ1) is 12.0. The van der Waals surface area contributed by atoms with Gasteiger partial charge in [-0.1, -0.05) is 23.8 Å². The highest BCUT2D eigenvalue weighted by Crippen LogP contribution is 2.57. The lowest BCUT2D eigenvalue weighted by Crippen LogP contribution is -2.43. The number of nitrogens with zero attached hydrogens (tertiary/aromatic N) is 1. The second kappa shape index (κ2) is 5.09. The van der Waals surface area contributed by atoms with Gasteiger partial charge in [0.1, 0.15) is 5.60 Å². The summed E-state index contributed by atoms with van der Waals surface area (Å²) < 4.78 is 45.1. The number of hydrogen-bond acceptors (Lipinski definition) is 4. The van der Waals surface area contributed by atoms with E-state index in [-0.39, 0.29) is 5.69 Å². The SMILES string of the molecule is C[C@@]12C=C[C@@](CO)(O1)[C@@H]1C(=O)N(c3ccc(Cl)c(C(F)(F)F)c3)C(=O)[C@@H]12. The first-order valence-corrected chi connectivity index (χ1v) is 8.18. The number of carbonyl (C=O) groups excluding carboxylic acids is 2. The van der Waals surface area contributed by atoms with Gasteiger partial charge in [-0.2, -0.15) is 13.2 Å². The number of fused-ring (bicyclic) bond motifs is 5. The predicted molar refractivity (Wildman–Crippen MR) is 84.4 cm³/mol.